The van der Waals surface area contributed by atoms with E-state index < -0.39 is 34.5 Å². The van der Waals surface area contributed by atoms with Gasteiger partial charge in [-0.05, 0) is 36.8 Å². The number of nitro benzene ring substituents is 1. The fraction of sp³-hybridized carbons (Fsp3) is 0.250. The third kappa shape index (κ3) is 3.66. The van der Waals surface area contributed by atoms with Crippen LogP contribution in [0.25, 0.3) is 0 Å². The number of carbonyl (C=O) groups is 3. The van der Waals surface area contributed by atoms with E-state index in [1.807, 2.05) is 0 Å². The molecule has 0 unspecified atom stereocenters. The van der Waals surface area contributed by atoms with Gasteiger partial charge in [0, 0.05) is 17.8 Å². The van der Waals surface area contributed by atoms with Crippen molar-refractivity contribution in [3.63, 3.8) is 0 Å². The Kier molecular flexibility index (Phi) is 5.58. The van der Waals surface area contributed by atoms with Crippen molar-refractivity contribution < 1.29 is 28.8 Å². The lowest BCUT2D eigenvalue weighted by Crippen LogP contribution is -2.31. The molecule has 9 heteroatoms. The van der Waals surface area contributed by atoms with Crippen molar-refractivity contribution in [1.82, 2.24) is 0 Å². The maximum absolute atomic E-state index is 12.8. The summed E-state index contributed by atoms with van der Waals surface area (Å²) in [5.41, 5.74) is 0.637. The molecule has 2 aromatic carbocycles. The number of ketones is 1. The summed E-state index contributed by atoms with van der Waals surface area (Å²) >= 11 is 0. The Morgan fingerprint density at radius 2 is 1.72 bits per heavy atom. The van der Waals surface area contributed by atoms with Crippen LogP contribution >= 0.6 is 0 Å². The molecule has 0 spiro atoms. The highest BCUT2D eigenvalue weighted by atomic mass is 16.6. The molecule has 0 radical (unpaired) electrons. The molecule has 0 aromatic heterocycles. The Morgan fingerprint density at radius 1 is 1.10 bits per heavy atom. The molecule has 1 heterocycles. The second kappa shape index (κ2) is 8.09. The summed E-state index contributed by atoms with van der Waals surface area (Å²) in [7, 11) is 1.50. The number of carbonyl (C=O) groups excluding carboxylic acids is 3. The first-order chi connectivity index (χ1) is 13.9. The third-order valence-corrected chi connectivity index (χ3v) is 4.64. The summed E-state index contributed by atoms with van der Waals surface area (Å²) < 4.78 is 10.2. The largest absolute Gasteiger partial charge is 0.497 e. The van der Waals surface area contributed by atoms with Crippen molar-refractivity contribution >= 4 is 29.0 Å². The summed E-state index contributed by atoms with van der Waals surface area (Å²) in [5, 5.41) is 10.9. The fourth-order valence-electron chi connectivity index (χ4n) is 3.29. The molecule has 1 amide bonds. The SMILES string of the molecule is CCOC(=O)[C@@H]1C(=O)C(=O)N(c2ccc([N+](=O)[O-])cc2)[C@H]1c1ccc(OC)cc1. The highest BCUT2D eigenvalue weighted by molar-refractivity contribution is 6.47. The van der Waals surface area contributed by atoms with E-state index in [0.717, 1.165) is 0 Å². The van der Waals surface area contributed by atoms with Gasteiger partial charge < -0.3 is 9.47 Å². The molecule has 1 fully saturated rings. The molecule has 1 aliphatic heterocycles. The van der Waals surface area contributed by atoms with Crippen LogP contribution in [0, 0.1) is 16.0 Å². The van der Waals surface area contributed by atoms with E-state index in [1.165, 1.54) is 36.3 Å². The molecule has 9 nitrogen and oxygen atoms in total. The quantitative estimate of drug-likeness (QED) is 0.241. The van der Waals surface area contributed by atoms with Gasteiger partial charge in [0.05, 0.1) is 24.7 Å². The zero-order valence-electron chi connectivity index (χ0n) is 15.7. The number of amides is 1. The average molecular weight is 398 g/mol. The van der Waals surface area contributed by atoms with E-state index in [2.05, 4.69) is 0 Å². The van der Waals surface area contributed by atoms with E-state index in [-0.39, 0.29) is 18.0 Å². The van der Waals surface area contributed by atoms with Crippen LogP contribution in [-0.4, -0.2) is 36.3 Å². The van der Waals surface area contributed by atoms with Gasteiger partial charge in [-0.1, -0.05) is 12.1 Å². The van der Waals surface area contributed by atoms with Gasteiger partial charge >= 0.3 is 5.97 Å². The lowest BCUT2D eigenvalue weighted by molar-refractivity contribution is -0.384. The first-order valence-electron chi connectivity index (χ1n) is 8.81. The van der Waals surface area contributed by atoms with Crippen LogP contribution in [0.15, 0.2) is 48.5 Å². The number of nitrogens with zero attached hydrogens (tertiary/aromatic N) is 2. The normalized spacial score (nSPS) is 18.6. The van der Waals surface area contributed by atoms with Gasteiger partial charge in [-0.15, -0.1) is 0 Å². The number of benzene rings is 2. The molecular formula is C20H18N2O7. The predicted octanol–water partition coefficient (Wildman–Crippen LogP) is 2.44. The first-order valence-corrected chi connectivity index (χ1v) is 8.81. The third-order valence-electron chi connectivity index (χ3n) is 4.64. The summed E-state index contributed by atoms with van der Waals surface area (Å²) in [5.74, 6) is -3.33. The summed E-state index contributed by atoms with van der Waals surface area (Å²) in [6, 6.07) is 10.9. The number of hydrogen-bond donors (Lipinski definition) is 0. The number of hydrogen-bond acceptors (Lipinski definition) is 7. The number of ether oxygens (including phenoxy) is 2. The summed E-state index contributed by atoms with van der Waals surface area (Å²) in [4.78, 5) is 49.4. The monoisotopic (exact) mass is 398 g/mol. The molecule has 2 aromatic rings. The minimum atomic E-state index is -1.34. The second-order valence-electron chi connectivity index (χ2n) is 6.26. The smallest absolute Gasteiger partial charge is 0.319 e. The number of rotatable bonds is 6. The molecule has 0 N–H and O–H groups in total. The predicted molar refractivity (Wildman–Crippen MR) is 101 cm³/mol. The molecule has 1 saturated heterocycles. The zero-order valence-corrected chi connectivity index (χ0v) is 15.7. The standard InChI is InChI=1S/C20H18N2O7/c1-3-29-20(25)16-17(12-4-10-15(28-2)11-5-12)21(19(24)18(16)23)13-6-8-14(9-7-13)22(26)27/h4-11,16-17H,3H2,1-2H3/t16-,17-/m0/s1. The van der Waals surface area contributed by atoms with Crippen LogP contribution in [0.1, 0.15) is 18.5 Å². The Morgan fingerprint density at radius 3 is 2.24 bits per heavy atom. The minimum absolute atomic E-state index is 0.0592. The molecule has 1 aliphatic rings. The number of Topliss-reactive ketones (excluding diaryl/α,β-unsaturated/α-hetero) is 1. The summed E-state index contributed by atoms with van der Waals surface area (Å²) in [6.07, 6.45) is 0. The van der Waals surface area contributed by atoms with E-state index in [9.17, 15) is 24.5 Å². The zero-order chi connectivity index (χ0) is 21.1. The van der Waals surface area contributed by atoms with Crippen LogP contribution in [0.4, 0.5) is 11.4 Å². The van der Waals surface area contributed by atoms with Gasteiger partial charge in [0.25, 0.3) is 11.6 Å². The molecule has 2 atom stereocenters. The number of methoxy groups -OCH3 is 1. The first kappa shape index (κ1) is 20.0. The average Bonchev–Trinajstić information content (AvgIpc) is 2.99. The van der Waals surface area contributed by atoms with Crippen LogP contribution in [-0.2, 0) is 19.1 Å². The number of anilines is 1. The number of esters is 1. The topological polar surface area (TPSA) is 116 Å². The van der Waals surface area contributed by atoms with Crippen molar-refractivity contribution in [1.29, 1.82) is 0 Å². The molecule has 0 bridgehead atoms. The van der Waals surface area contributed by atoms with Gasteiger partial charge in [0.2, 0.25) is 5.78 Å². The van der Waals surface area contributed by atoms with Crippen LogP contribution in [0.3, 0.4) is 0 Å². The molecule has 150 valence electrons. The van der Waals surface area contributed by atoms with Gasteiger partial charge in [-0.3, -0.25) is 29.4 Å². The highest BCUT2D eigenvalue weighted by Gasteiger charge is 2.53. The van der Waals surface area contributed by atoms with Crippen molar-refractivity contribution in [2.75, 3.05) is 18.6 Å². The fourth-order valence-corrected chi connectivity index (χ4v) is 3.29. The van der Waals surface area contributed by atoms with E-state index in [4.69, 9.17) is 9.47 Å². The molecule has 3 rings (SSSR count). The maximum atomic E-state index is 12.8. The van der Waals surface area contributed by atoms with Gasteiger partial charge in [-0.2, -0.15) is 0 Å². The van der Waals surface area contributed by atoms with Crippen molar-refractivity contribution in [2.24, 2.45) is 5.92 Å². The summed E-state index contributed by atoms with van der Waals surface area (Å²) in [6.45, 7) is 1.67. The van der Waals surface area contributed by atoms with Crippen LogP contribution in [0.2, 0.25) is 0 Å². The highest BCUT2D eigenvalue weighted by Crippen LogP contribution is 2.41. The number of nitro groups is 1. The van der Waals surface area contributed by atoms with Crippen LogP contribution in [0.5, 0.6) is 5.75 Å². The Labute approximate surface area is 166 Å². The van der Waals surface area contributed by atoms with Crippen LogP contribution < -0.4 is 9.64 Å². The van der Waals surface area contributed by atoms with E-state index in [0.29, 0.717) is 11.3 Å². The van der Waals surface area contributed by atoms with Gasteiger partial charge in [0.15, 0.2) is 0 Å². The van der Waals surface area contributed by atoms with Gasteiger partial charge in [0.1, 0.15) is 11.7 Å². The lowest BCUT2D eigenvalue weighted by Gasteiger charge is -2.27. The van der Waals surface area contributed by atoms with E-state index in [1.54, 1.807) is 31.2 Å². The lowest BCUT2D eigenvalue weighted by atomic mass is 9.92. The maximum Gasteiger partial charge on any atom is 0.319 e. The van der Waals surface area contributed by atoms with Crippen molar-refractivity contribution in [3.05, 3.63) is 64.2 Å². The molecule has 0 aliphatic carbocycles. The Hall–Kier alpha value is -3.75. The molecule has 0 saturated carbocycles. The van der Waals surface area contributed by atoms with E-state index >= 15 is 0 Å². The second-order valence-corrected chi connectivity index (χ2v) is 6.26. The molecule has 29 heavy (non-hydrogen) atoms. The van der Waals surface area contributed by atoms with Gasteiger partial charge in [-0.25, -0.2) is 0 Å². The Bertz CT molecular complexity index is 954. The number of non-ortho nitro benzene ring substituents is 1. The van der Waals surface area contributed by atoms with Crippen molar-refractivity contribution in [2.45, 2.75) is 13.0 Å². The Balaban J connectivity index is 2.10. The van der Waals surface area contributed by atoms with Crippen molar-refractivity contribution in [3.8, 4) is 5.75 Å². The molecular weight excluding hydrogens is 380 g/mol. The minimum Gasteiger partial charge on any atom is -0.497 e.